The van der Waals surface area contributed by atoms with Gasteiger partial charge in [-0.25, -0.2) is 19.9 Å². The molecule has 0 atom stereocenters. The van der Waals surface area contributed by atoms with Crippen molar-refractivity contribution in [1.29, 1.82) is 0 Å². The van der Waals surface area contributed by atoms with Crippen molar-refractivity contribution in [3.63, 3.8) is 0 Å². The summed E-state index contributed by atoms with van der Waals surface area (Å²) in [5.41, 5.74) is 14.7. The topological polar surface area (TPSA) is 77.8 Å². The standard InChI is InChI=1S/C58H32N4O2/c1-2-8-40-39(7-1)41(49-27-19-35-15-13-33-17-25-47(59-55(33)57(35)61-49)37-21-29-53-45(31-37)43-9-3-5-11-51(43)63-53)23-24-42(40)50-28-20-36-16-14-34-18-26-48(60-56(34)58(36)62-50)38-22-30-54-46(32-38)44-10-4-6-12-52(44)64-54/h1-32H. The summed E-state index contributed by atoms with van der Waals surface area (Å²) in [4.78, 5) is 21.3. The minimum Gasteiger partial charge on any atom is -0.456 e. The van der Waals surface area contributed by atoms with E-state index in [0.717, 1.165) is 143 Å². The van der Waals surface area contributed by atoms with Crippen molar-refractivity contribution in [2.45, 2.75) is 0 Å². The molecule has 0 saturated heterocycles. The summed E-state index contributed by atoms with van der Waals surface area (Å²) in [5, 5.41) is 10.7. The molecule has 0 fully saturated rings. The fourth-order valence-corrected chi connectivity index (χ4v) is 9.67. The van der Waals surface area contributed by atoms with Crippen LogP contribution < -0.4 is 0 Å². The number of nitrogens with zero attached hydrogens (tertiary/aromatic N) is 4. The normalized spacial score (nSPS) is 12.1. The molecule has 6 heterocycles. The van der Waals surface area contributed by atoms with E-state index in [2.05, 4.69) is 146 Å². The molecule has 6 heteroatoms. The monoisotopic (exact) mass is 816 g/mol. The second-order valence-corrected chi connectivity index (χ2v) is 16.5. The van der Waals surface area contributed by atoms with Crippen LogP contribution in [0.2, 0.25) is 0 Å². The Balaban J connectivity index is 0.873. The number of fused-ring (bicyclic) bond motifs is 13. The Kier molecular flexibility index (Phi) is 7.30. The minimum absolute atomic E-state index is 0.867. The molecular weight excluding hydrogens is 785 g/mol. The predicted octanol–water partition coefficient (Wildman–Crippen LogP) is 15.5. The van der Waals surface area contributed by atoms with Gasteiger partial charge in [0.25, 0.3) is 0 Å². The second-order valence-electron chi connectivity index (χ2n) is 16.5. The van der Waals surface area contributed by atoms with Gasteiger partial charge >= 0.3 is 0 Å². The van der Waals surface area contributed by atoms with E-state index in [1.54, 1.807) is 0 Å². The van der Waals surface area contributed by atoms with E-state index < -0.39 is 0 Å². The van der Waals surface area contributed by atoms with Gasteiger partial charge in [0.05, 0.1) is 44.8 Å². The van der Waals surface area contributed by atoms with Gasteiger partial charge in [0.15, 0.2) is 0 Å². The van der Waals surface area contributed by atoms with Gasteiger partial charge in [0.2, 0.25) is 0 Å². The van der Waals surface area contributed by atoms with Crippen LogP contribution in [0.25, 0.3) is 143 Å². The molecule has 8 aromatic carbocycles. The Morgan fingerprint density at radius 1 is 0.250 bits per heavy atom. The largest absolute Gasteiger partial charge is 0.456 e. The average molecular weight is 817 g/mol. The third-order valence-corrected chi connectivity index (χ3v) is 12.9. The Bertz CT molecular complexity index is 4000. The van der Waals surface area contributed by atoms with Crippen LogP contribution in [0.4, 0.5) is 0 Å². The summed E-state index contributed by atoms with van der Waals surface area (Å²) < 4.78 is 12.2. The molecule has 0 aliphatic rings. The van der Waals surface area contributed by atoms with Crippen LogP contribution >= 0.6 is 0 Å². The molecule has 296 valence electrons. The van der Waals surface area contributed by atoms with E-state index in [1.165, 1.54) is 0 Å². The van der Waals surface area contributed by atoms with Crippen LogP contribution in [0.3, 0.4) is 0 Å². The zero-order chi connectivity index (χ0) is 41.9. The zero-order valence-corrected chi connectivity index (χ0v) is 34.1. The van der Waals surface area contributed by atoms with Gasteiger partial charge in [-0.05, 0) is 83.6 Å². The van der Waals surface area contributed by atoms with Crippen molar-refractivity contribution in [2.24, 2.45) is 0 Å². The van der Waals surface area contributed by atoms with Crippen molar-refractivity contribution >= 4 is 98.3 Å². The highest BCUT2D eigenvalue weighted by Gasteiger charge is 2.17. The number of furan rings is 2. The highest BCUT2D eigenvalue weighted by Crippen LogP contribution is 2.39. The van der Waals surface area contributed by atoms with Gasteiger partial charge in [-0.3, -0.25) is 0 Å². The molecule has 14 aromatic rings. The van der Waals surface area contributed by atoms with Crippen LogP contribution in [0.15, 0.2) is 203 Å². The van der Waals surface area contributed by atoms with Crippen LogP contribution in [0.1, 0.15) is 0 Å². The lowest BCUT2D eigenvalue weighted by Crippen LogP contribution is -1.93. The SMILES string of the molecule is c1ccc2c(c1)oc1ccc(-c3ccc4ccc5ccc(-c6ccc(-c7ccc8ccc9ccc(-c%10ccc%11oc%12ccccc%12c%11c%10)nc9c8n7)c7ccccc67)nc5c4n3)cc12. The molecule has 0 bridgehead atoms. The summed E-state index contributed by atoms with van der Waals surface area (Å²) >= 11 is 0. The maximum Gasteiger partial charge on any atom is 0.135 e. The Labute approximate surface area is 364 Å². The number of benzene rings is 8. The first-order chi connectivity index (χ1) is 31.7. The van der Waals surface area contributed by atoms with Crippen molar-refractivity contribution in [2.75, 3.05) is 0 Å². The molecule has 0 saturated carbocycles. The van der Waals surface area contributed by atoms with Gasteiger partial charge < -0.3 is 8.83 Å². The lowest BCUT2D eigenvalue weighted by molar-refractivity contribution is 0.668. The molecule has 6 nitrogen and oxygen atoms in total. The minimum atomic E-state index is 0.867. The van der Waals surface area contributed by atoms with E-state index in [4.69, 9.17) is 28.8 Å². The first-order valence-electron chi connectivity index (χ1n) is 21.4. The van der Waals surface area contributed by atoms with Gasteiger partial charge in [-0.2, -0.15) is 0 Å². The number of aromatic nitrogens is 4. The van der Waals surface area contributed by atoms with Gasteiger partial charge in [0.1, 0.15) is 22.3 Å². The molecule has 0 amide bonds. The smallest absolute Gasteiger partial charge is 0.135 e. The number of para-hydroxylation sites is 2. The van der Waals surface area contributed by atoms with Crippen LogP contribution in [0.5, 0.6) is 0 Å². The highest BCUT2D eigenvalue weighted by atomic mass is 16.3. The van der Waals surface area contributed by atoms with E-state index in [9.17, 15) is 0 Å². The molecule has 0 unspecified atom stereocenters. The average Bonchev–Trinajstić information content (AvgIpc) is 3.93. The first kappa shape index (κ1) is 34.9. The third kappa shape index (κ3) is 5.33. The number of hydrogen-bond donors (Lipinski definition) is 0. The van der Waals surface area contributed by atoms with Crippen LogP contribution in [-0.2, 0) is 0 Å². The summed E-state index contributed by atoms with van der Waals surface area (Å²) in [6.07, 6.45) is 0. The van der Waals surface area contributed by atoms with Gasteiger partial charge in [0, 0.05) is 65.3 Å². The fraction of sp³-hybridized carbons (Fsp3) is 0. The number of hydrogen-bond acceptors (Lipinski definition) is 6. The third-order valence-electron chi connectivity index (χ3n) is 12.9. The molecule has 0 aliphatic heterocycles. The molecular formula is C58H32N4O2. The molecule has 0 spiro atoms. The summed E-state index contributed by atoms with van der Waals surface area (Å²) in [6, 6.07) is 67.4. The first-order valence-corrected chi connectivity index (χ1v) is 21.4. The van der Waals surface area contributed by atoms with E-state index >= 15 is 0 Å². The zero-order valence-electron chi connectivity index (χ0n) is 34.1. The lowest BCUT2D eigenvalue weighted by Gasteiger charge is -2.13. The molecule has 14 rings (SSSR count). The molecule has 0 radical (unpaired) electrons. The van der Waals surface area contributed by atoms with Crippen molar-refractivity contribution in [3.05, 3.63) is 194 Å². The van der Waals surface area contributed by atoms with Crippen molar-refractivity contribution in [3.8, 4) is 45.0 Å². The Morgan fingerprint density at radius 3 is 1.00 bits per heavy atom. The van der Waals surface area contributed by atoms with Crippen molar-refractivity contribution in [1.82, 2.24) is 19.9 Å². The Hall–Kier alpha value is -8.74. The lowest BCUT2D eigenvalue weighted by atomic mass is 9.95. The fourth-order valence-electron chi connectivity index (χ4n) is 9.67. The summed E-state index contributed by atoms with van der Waals surface area (Å²) in [6.45, 7) is 0. The quantitative estimate of drug-likeness (QED) is 0.165. The predicted molar refractivity (Wildman–Crippen MR) is 261 cm³/mol. The summed E-state index contributed by atoms with van der Waals surface area (Å²) in [7, 11) is 0. The van der Waals surface area contributed by atoms with Crippen molar-refractivity contribution < 1.29 is 8.83 Å². The number of rotatable bonds is 4. The molecule has 0 N–H and O–H groups in total. The second kappa shape index (κ2) is 13.4. The van der Waals surface area contributed by atoms with Crippen LogP contribution in [-0.4, -0.2) is 19.9 Å². The molecule has 6 aromatic heterocycles. The maximum absolute atomic E-state index is 6.12. The van der Waals surface area contributed by atoms with Gasteiger partial charge in [-0.1, -0.05) is 121 Å². The van der Waals surface area contributed by atoms with Crippen LogP contribution in [0, 0.1) is 0 Å². The number of pyridine rings is 4. The molecule has 0 aliphatic carbocycles. The van der Waals surface area contributed by atoms with E-state index in [0.29, 0.717) is 0 Å². The van der Waals surface area contributed by atoms with E-state index in [-0.39, 0.29) is 0 Å². The summed E-state index contributed by atoms with van der Waals surface area (Å²) in [5.74, 6) is 0. The Morgan fingerprint density at radius 2 is 0.578 bits per heavy atom. The van der Waals surface area contributed by atoms with Gasteiger partial charge in [-0.15, -0.1) is 0 Å². The molecule has 64 heavy (non-hydrogen) atoms. The highest BCUT2D eigenvalue weighted by molar-refractivity contribution is 6.11. The van der Waals surface area contributed by atoms with E-state index in [1.807, 2.05) is 48.5 Å². The maximum atomic E-state index is 6.12.